The fourth-order valence-corrected chi connectivity index (χ4v) is 4.03. The molecule has 0 unspecified atom stereocenters. The van der Waals surface area contributed by atoms with Crippen molar-refractivity contribution in [3.05, 3.63) is 71.9 Å². The maximum atomic E-state index is 12.5. The number of methoxy groups -OCH3 is 1. The van der Waals surface area contributed by atoms with Crippen LogP contribution in [0.1, 0.15) is 48.4 Å². The van der Waals surface area contributed by atoms with Crippen molar-refractivity contribution in [2.75, 3.05) is 13.7 Å². The van der Waals surface area contributed by atoms with Gasteiger partial charge in [0.05, 0.1) is 30.1 Å². The third-order valence-electron chi connectivity index (χ3n) is 6.19. The Kier molecular flexibility index (Phi) is 6.77. The van der Waals surface area contributed by atoms with Crippen molar-refractivity contribution in [3.63, 3.8) is 0 Å². The van der Waals surface area contributed by atoms with Crippen molar-refractivity contribution in [2.45, 2.75) is 46.2 Å². The molecular weight excluding hydrogens is 484 g/mol. The highest BCUT2D eigenvalue weighted by atomic mass is 16.5. The summed E-state index contributed by atoms with van der Waals surface area (Å²) in [5.74, 6) is 0.0723. The molecule has 1 aromatic carbocycles. The average molecular weight is 515 g/mol. The van der Waals surface area contributed by atoms with E-state index in [1.165, 1.54) is 0 Å². The van der Waals surface area contributed by atoms with Gasteiger partial charge in [-0.2, -0.15) is 15.2 Å². The second-order valence-electron chi connectivity index (χ2n) is 10.1. The van der Waals surface area contributed by atoms with Crippen LogP contribution in [0.5, 0.6) is 0 Å². The Bertz CT molecular complexity index is 1590. The molecule has 5 rings (SSSR count). The summed E-state index contributed by atoms with van der Waals surface area (Å²) < 4.78 is 14.0. The van der Waals surface area contributed by atoms with Crippen LogP contribution in [0.25, 0.3) is 28.0 Å². The van der Waals surface area contributed by atoms with Crippen LogP contribution >= 0.6 is 0 Å². The molecule has 4 heterocycles. The molecular formula is C27H30N8O3. The summed E-state index contributed by atoms with van der Waals surface area (Å²) in [5, 5.41) is 15.7. The zero-order valence-electron chi connectivity index (χ0n) is 22.1. The predicted molar refractivity (Wildman–Crippen MR) is 140 cm³/mol. The first kappa shape index (κ1) is 25.3. The van der Waals surface area contributed by atoms with Gasteiger partial charge >= 0.3 is 0 Å². The molecule has 196 valence electrons. The fourth-order valence-electron chi connectivity index (χ4n) is 4.03. The Hall–Kier alpha value is -4.38. The first-order valence-corrected chi connectivity index (χ1v) is 12.3. The summed E-state index contributed by atoms with van der Waals surface area (Å²) in [4.78, 5) is 21.3. The van der Waals surface area contributed by atoms with E-state index >= 15 is 0 Å². The average Bonchev–Trinajstić information content (AvgIpc) is 3.65. The maximum Gasteiger partial charge on any atom is 0.292 e. The van der Waals surface area contributed by atoms with E-state index in [0.29, 0.717) is 25.6 Å². The minimum atomic E-state index is -0.379. The van der Waals surface area contributed by atoms with E-state index in [4.69, 9.17) is 9.26 Å². The summed E-state index contributed by atoms with van der Waals surface area (Å²) in [6, 6.07) is 10.1. The van der Waals surface area contributed by atoms with Gasteiger partial charge in [-0.3, -0.25) is 9.48 Å². The molecule has 1 amide bonds. The molecule has 0 saturated carbocycles. The van der Waals surface area contributed by atoms with E-state index in [1.54, 1.807) is 13.4 Å². The van der Waals surface area contributed by atoms with Crippen molar-refractivity contribution in [3.8, 4) is 22.5 Å². The van der Waals surface area contributed by atoms with Gasteiger partial charge in [0.2, 0.25) is 5.89 Å². The SMILES string of the molecule is COCCn1ccc(-c2cc3c(-c4ccc(CNC(=O)c5noc(C(C)(C)C)n5)c(C)c4)ncnn3c2)n1. The van der Waals surface area contributed by atoms with Crippen LogP contribution in [-0.2, 0) is 23.2 Å². The van der Waals surface area contributed by atoms with E-state index in [2.05, 4.69) is 36.7 Å². The number of aromatic nitrogens is 7. The molecule has 0 fully saturated rings. The smallest absolute Gasteiger partial charge is 0.292 e. The number of hydrogen-bond donors (Lipinski definition) is 1. The fraction of sp³-hybridized carbons (Fsp3) is 0.333. The number of nitrogens with zero attached hydrogens (tertiary/aromatic N) is 7. The monoisotopic (exact) mass is 514 g/mol. The lowest BCUT2D eigenvalue weighted by Gasteiger charge is -2.10. The largest absolute Gasteiger partial charge is 0.383 e. The highest BCUT2D eigenvalue weighted by Crippen LogP contribution is 2.28. The van der Waals surface area contributed by atoms with Crippen LogP contribution in [0.15, 0.2) is 53.6 Å². The molecule has 0 spiro atoms. The quantitative estimate of drug-likeness (QED) is 0.331. The Morgan fingerprint density at radius 3 is 2.74 bits per heavy atom. The zero-order chi connectivity index (χ0) is 26.9. The molecule has 11 nitrogen and oxygen atoms in total. The van der Waals surface area contributed by atoms with E-state index in [-0.39, 0.29) is 17.1 Å². The number of aryl methyl sites for hydroxylation is 1. The van der Waals surface area contributed by atoms with Crippen LogP contribution in [0.3, 0.4) is 0 Å². The summed E-state index contributed by atoms with van der Waals surface area (Å²) in [6.07, 6.45) is 5.43. The summed E-state index contributed by atoms with van der Waals surface area (Å²) in [6.45, 7) is 9.48. The Balaban J connectivity index is 1.33. The number of carbonyl (C=O) groups excluding carboxylic acids is 1. The van der Waals surface area contributed by atoms with Crippen LogP contribution in [0.4, 0.5) is 0 Å². The second-order valence-corrected chi connectivity index (χ2v) is 10.1. The normalized spacial score (nSPS) is 11.8. The predicted octanol–water partition coefficient (Wildman–Crippen LogP) is 3.83. The molecule has 0 bridgehead atoms. The van der Waals surface area contributed by atoms with E-state index in [1.807, 2.05) is 73.6 Å². The molecule has 11 heteroatoms. The van der Waals surface area contributed by atoms with E-state index in [0.717, 1.165) is 39.2 Å². The van der Waals surface area contributed by atoms with Gasteiger partial charge in [-0.25, -0.2) is 9.50 Å². The summed E-state index contributed by atoms with van der Waals surface area (Å²) >= 11 is 0. The van der Waals surface area contributed by atoms with Gasteiger partial charge in [0.25, 0.3) is 11.7 Å². The van der Waals surface area contributed by atoms with Gasteiger partial charge in [-0.15, -0.1) is 0 Å². The lowest BCUT2D eigenvalue weighted by atomic mass is 9.97. The number of ether oxygens (including phenoxy) is 1. The molecule has 0 saturated heterocycles. The van der Waals surface area contributed by atoms with Crippen molar-refractivity contribution in [2.24, 2.45) is 0 Å². The minimum absolute atomic E-state index is 0.0279. The molecule has 0 aliphatic rings. The Morgan fingerprint density at radius 2 is 2.00 bits per heavy atom. The van der Waals surface area contributed by atoms with Crippen molar-refractivity contribution < 1.29 is 14.1 Å². The lowest BCUT2D eigenvalue weighted by molar-refractivity contribution is 0.0937. The van der Waals surface area contributed by atoms with Crippen LogP contribution in [0, 0.1) is 6.92 Å². The third kappa shape index (κ3) is 5.18. The summed E-state index contributed by atoms with van der Waals surface area (Å²) in [7, 11) is 1.67. The molecule has 0 aliphatic carbocycles. The number of hydrogen-bond acceptors (Lipinski definition) is 8. The number of carbonyl (C=O) groups is 1. The maximum absolute atomic E-state index is 12.5. The van der Waals surface area contributed by atoms with E-state index in [9.17, 15) is 4.79 Å². The van der Waals surface area contributed by atoms with Crippen molar-refractivity contribution in [1.29, 1.82) is 0 Å². The molecule has 4 aromatic heterocycles. The van der Waals surface area contributed by atoms with Gasteiger partial charge in [-0.05, 0) is 36.2 Å². The Labute approximate surface area is 219 Å². The van der Waals surface area contributed by atoms with Gasteiger partial charge in [0, 0.05) is 42.6 Å². The molecule has 0 aliphatic heterocycles. The number of benzene rings is 1. The number of fused-ring (bicyclic) bond motifs is 1. The third-order valence-corrected chi connectivity index (χ3v) is 6.19. The van der Waals surface area contributed by atoms with Gasteiger partial charge in [0.15, 0.2) is 0 Å². The van der Waals surface area contributed by atoms with E-state index < -0.39 is 0 Å². The highest BCUT2D eigenvalue weighted by molar-refractivity contribution is 5.90. The standard InChI is InChI=1S/C27H30N8O3/c1-17-12-18(6-7-19(17)14-28-25(36)24-31-26(38-33-24)27(2,3)4)23-22-13-20(15-35(22)30-16-29-23)21-8-9-34(32-21)10-11-37-5/h6-9,12-13,15-16H,10-11,14H2,1-5H3,(H,28,36). The Morgan fingerprint density at radius 1 is 1.16 bits per heavy atom. The van der Waals surface area contributed by atoms with Gasteiger partial charge in [-0.1, -0.05) is 38.1 Å². The minimum Gasteiger partial charge on any atom is -0.383 e. The van der Waals surface area contributed by atoms with Crippen LogP contribution in [-0.4, -0.2) is 54.1 Å². The first-order chi connectivity index (χ1) is 18.2. The highest BCUT2D eigenvalue weighted by Gasteiger charge is 2.24. The van der Waals surface area contributed by atoms with Crippen molar-refractivity contribution in [1.82, 2.24) is 39.8 Å². The molecule has 0 atom stereocenters. The molecule has 1 N–H and O–H groups in total. The summed E-state index contributed by atoms with van der Waals surface area (Å²) in [5.41, 5.74) is 6.12. The molecule has 0 radical (unpaired) electrons. The van der Waals surface area contributed by atoms with Crippen LogP contribution in [0.2, 0.25) is 0 Å². The number of rotatable bonds is 8. The van der Waals surface area contributed by atoms with Gasteiger partial charge < -0.3 is 14.6 Å². The lowest BCUT2D eigenvalue weighted by Crippen LogP contribution is -2.24. The van der Waals surface area contributed by atoms with Crippen LogP contribution < -0.4 is 5.32 Å². The number of amides is 1. The molecule has 5 aromatic rings. The topological polar surface area (TPSA) is 125 Å². The van der Waals surface area contributed by atoms with Gasteiger partial charge in [0.1, 0.15) is 6.33 Å². The zero-order valence-corrected chi connectivity index (χ0v) is 22.1. The number of nitrogens with one attached hydrogen (secondary N) is 1. The molecule has 38 heavy (non-hydrogen) atoms. The second kappa shape index (κ2) is 10.2. The van der Waals surface area contributed by atoms with Crippen molar-refractivity contribution >= 4 is 11.4 Å². The first-order valence-electron chi connectivity index (χ1n) is 12.3.